The van der Waals surface area contributed by atoms with Crippen LogP contribution < -0.4 is 15.1 Å². The van der Waals surface area contributed by atoms with E-state index in [1.807, 2.05) is 32.0 Å². The van der Waals surface area contributed by atoms with Crippen molar-refractivity contribution in [1.82, 2.24) is 4.90 Å². The van der Waals surface area contributed by atoms with Crippen molar-refractivity contribution in [1.29, 1.82) is 0 Å². The summed E-state index contributed by atoms with van der Waals surface area (Å²) in [7, 11) is 0. The highest BCUT2D eigenvalue weighted by Gasteiger charge is 2.23. The average Bonchev–Trinajstić information content (AvgIpc) is 2.76. The third-order valence-corrected chi connectivity index (χ3v) is 5.57. The highest BCUT2D eigenvalue weighted by atomic mass is 16.3. The molecule has 3 N–H and O–H groups in total. The first-order chi connectivity index (χ1) is 14.5. The van der Waals surface area contributed by atoms with Crippen LogP contribution in [-0.2, 0) is 4.79 Å². The van der Waals surface area contributed by atoms with Crippen molar-refractivity contribution >= 4 is 23.2 Å². The van der Waals surface area contributed by atoms with Crippen molar-refractivity contribution in [2.24, 2.45) is 0 Å². The van der Waals surface area contributed by atoms with Gasteiger partial charge in [-0.15, -0.1) is 0 Å². The van der Waals surface area contributed by atoms with Crippen molar-refractivity contribution in [3.8, 4) is 5.75 Å². The summed E-state index contributed by atoms with van der Waals surface area (Å²) in [6.07, 6.45) is 0. The zero-order chi connectivity index (χ0) is 21.5. The maximum Gasteiger partial charge on any atom is 0.279 e. The first-order valence-electron chi connectivity index (χ1n) is 10.6. The highest BCUT2D eigenvalue weighted by Crippen LogP contribution is 2.25. The number of nitrogens with one attached hydrogen (secondary N) is 2. The lowest BCUT2D eigenvalue weighted by atomic mass is 10.1. The van der Waals surface area contributed by atoms with Crippen LogP contribution in [0.4, 0.5) is 11.4 Å². The molecule has 2 aromatic carbocycles. The number of piperazine rings is 1. The summed E-state index contributed by atoms with van der Waals surface area (Å²) in [6.45, 7) is 8.92. The smallest absolute Gasteiger partial charge is 0.279 e. The number of amides is 2. The number of anilines is 2. The topological polar surface area (TPSA) is 77.3 Å². The van der Waals surface area contributed by atoms with Crippen LogP contribution in [0.25, 0.3) is 0 Å². The number of aromatic hydroxyl groups is 1. The lowest BCUT2D eigenvalue weighted by molar-refractivity contribution is -0.892. The zero-order valence-corrected chi connectivity index (χ0v) is 17.7. The molecule has 160 valence electrons. The van der Waals surface area contributed by atoms with E-state index in [2.05, 4.69) is 10.2 Å². The predicted molar refractivity (Wildman–Crippen MR) is 118 cm³/mol. The molecule has 0 spiro atoms. The van der Waals surface area contributed by atoms with Crippen LogP contribution >= 0.6 is 0 Å². The van der Waals surface area contributed by atoms with Crippen LogP contribution in [0.5, 0.6) is 5.75 Å². The Labute approximate surface area is 177 Å². The van der Waals surface area contributed by atoms with Gasteiger partial charge in [-0.3, -0.25) is 9.59 Å². The number of hydrogen-bond acceptors (Lipinski definition) is 4. The molecule has 0 unspecified atom stereocenters. The van der Waals surface area contributed by atoms with E-state index in [1.165, 1.54) is 4.90 Å². The van der Waals surface area contributed by atoms with Crippen molar-refractivity contribution in [2.75, 3.05) is 56.0 Å². The number of hydrogen-bond donors (Lipinski definition) is 3. The molecule has 30 heavy (non-hydrogen) atoms. The fourth-order valence-electron chi connectivity index (χ4n) is 3.79. The summed E-state index contributed by atoms with van der Waals surface area (Å²) < 4.78 is 0. The van der Waals surface area contributed by atoms with Gasteiger partial charge in [-0.25, -0.2) is 0 Å². The zero-order valence-electron chi connectivity index (χ0n) is 17.7. The number of phenolic OH excluding ortho intramolecular Hbond substituents is 1. The number of rotatable bonds is 7. The molecule has 0 aromatic heterocycles. The van der Waals surface area contributed by atoms with Crippen LogP contribution in [0.3, 0.4) is 0 Å². The molecule has 1 aliphatic rings. The number of carbonyl (C=O) groups excluding carboxylic acids is 2. The van der Waals surface area contributed by atoms with Gasteiger partial charge in [0.15, 0.2) is 6.54 Å². The molecule has 3 rings (SSSR count). The standard InChI is InChI=1S/C23H30N4O3/c1-3-26(4-2)23(30)18-9-11-19(12-10-18)24-22(29)17-25-13-15-27(16-14-25)20-7-5-6-8-21(20)28/h5-12,28H,3-4,13-17H2,1-2H3,(H,24,29)/p+1. The van der Waals surface area contributed by atoms with Crippen molar-refractivity contribution in [2.45, 2.75) is 13.8 Å². The molecular weight excluding hydrogens is 380 g/mol. The quantitative estimate of drug-likeness (QED) is 0.640. The van der Waals surface area contributed by atoms with Gasteiger partial charge in [-0.2, -0.15) is 0 Å². The third kappa shape index (κ3) is 5.30. The van der Waals surface area contributed by atoms with E-state index in [0.29, 0.717) is 36.6 Å². The van der Waals surface area contributed by atoms with E-state index in [4.69, 9.17) is 0 Å². The minimum atomic E-state index is -0.0381. The number of para-hydroxylation sites is 2. The summed E-state index contributed by atoms with van der Waals surface area (Å²) in [5.74, 6) is 0.259. The van der Waals surface area contributed by atoms with Crippen molar-refractivity contribution < 1.29 is 19.6 Å². The van der Waals surface area contributed by atoms with Crippen LogP contribution in [-0.4, -0.2) is 67.6 Å². The third-order valence-electron chi connectivity index (χ3n) is 5.57. The Kier molecular flexibility index (Phi) is 7.30. The van der Waals surface area contributed by atoms with Gasteiger partial charge in [-0.1, -0.05) is 12.1 Å². The maximum atomic E-state index is 12.4. The molecule has 0 atom stereocenters. The molecule has 1 saturated heterocycles. The molecule has 7 nitrogen and oxygen atoms in total. The fraction of sp³-hybridized carbons (Fsp3) is 0.391. The minimum Gasteiger partial charge on any atom is -0.506 e. The Morgan fingerprint density at radius 2 is 1.67 bits per heavy atom. The first kappa shape index (κ1) is 21.6. The van der Waals surface area contributed by atoms with Gasteiger partial charge in [0, 0.05) is 24.3 Å². The second kappa shape index (κ2) is 10.1. The average molecular weight is 412 g/mol. The van der Waals surface area contributed by atoms with Gasteiger partial charge in [0.05, 0.1) is 31.9 Å². The normalized spacial score (nSPS) is 14.4. The van der Waals surface area contributed by atoms with Crippen LogP contribution in [0, 0.1) is 0 Å². The SMILES string of the molecule is CCN(CC)C(=O)c1ccc(NC(=O)C[NH+]2CCN(c3ccccc3O)CC2)cc1. The molecule has 7 heteroatoms. The number of carbonyl (C=O) groups is 2. The second-order valence-corrected chi connectivity index (χ2v) is 7.51. The summed E-state index contributed by atoms with van der Waals surface area (Å²) in [5.41, 5.74) is 2.17. The predicted octanol–water partition coefficient (Wildman–Crippen LogP) is 1.22. The van der Waals surface area contributed by atoms with Gasteiger partial charge >= 0.3 is 0 Å². The summed E-state index contributed by atoms with van der Waals surface area (Å²) in [5, 5.41) is 12.9. The monoisotopic (exact) mass is 411 g/mol. The van der Waals surface area contributed by atoms with E-state index in [9.17, 15) is 14.7 Å². The fourth-order valence-corrected chi connectivity index (χ4v) is 3.79. The Hall–Kier alpha value is -3.06. The van der Waals surface area contributed by atoms with Gasteiger partial charge in [-0.05, 0) is 50.2 Å². The van der Waals surface area contributed by atoms with E-state index in [0.717, 1.165) is 31.9 Å². The van der Waals surface area contributed by atoms with E-state index < -0.39 is 0 Å². The Balaban J connectivity index is 1.48. The summed E-state index contributed by atoms with van der Waals surface area (Å²) >= 11 is 0. The van der Waals surface area contributed by atoms with Crippen LogP contribution in [0.15, 0.2) is 48.5 Å². The Morgan fingerprint density at radius 1 is 1.03 bits per heavy atom. The lowest BCUT2D eigenvalue weighted by Gasteiger charge is -2.33. The van der Waals surface area contributed by atoms with Gasteiger partial charge in [0.25, 0.3) is 11.8 Å². The minimum absolute atomic E-state index is 0.00430. The molecule has 0 aliphatic carbocycles. The Bertz CT molecular complexity index is 857. The molecule has 1 fully saturated rings. The number of phenols is 1. The molecule has 2 aromatic rings. The first-order valence-corrected chi connectivity index (χ1v) is 10.6. The van der Waals surface area contributed by atoms with E-state index in [1.54, 1.807) is 35.2 Å². The van der Waals surface area contributed by atoms with Crippen molar-refractivity contribution in [3.63, 3.8) is 0 Å². The van der Waals surface area contributed by atoms with Gasteiger partial charge in [0.2, 0.25) is 0 Å². The van der Waals surface area contributed by atoms with Gasteiger partial charge in [0.1, 0.15) is 5.75 Å². The van der Waals surface area contributed by atoms with Crippen molar-refractivity contribution in [3.05, 3.63) is 54.1 Å². The highest BCUT2D eigenvalue weighted by molar-refractivity contribution is 5.96. The number of benzene rings is 2. The molecule has 0 bridgehead atoms. The number of nitrogens with zero attached hydrogens (tertiary/aromatic N) is 2. The Morgan fingerprint density at radius 3 is 2.27 bits per heavy atom. The van der Waals surface area contributed by atoms with E-state index in [-0.39, 0.29) is 11.8 Å². The molecule has 0 radical (unpaired) electrons. The molecule has 0 saturated carbocycles. The molecule has 1 aliphatic heterocycles. The second-order valence-electron chi connectivity index (χ2n) is 7.51. The maximum absolute atomic E-state index is 12.4. The largest absolute Gasteiger partial charge is 0.506 e. The summed E-state index contributed by atoms with van der Waals surface area (Å²) in [4.78, 5) is 30.0. The lowest BCUT2D eigenvalue weighted by Crippen LogP contribution is -3.15. The molecular formula is C23H31N4O3+. The van der Waals surface area contributed by atoms with Gasteiger partial charge < -0.3 is 25.1 Å². The van der Waals surface area contributed by atoms with E-state index >= 15 is 0 Å². The van der Waals surface area contributed by atoms with Crippen LogP contribution in [0.2, 0.25) is 0 Å². The molecule has 1 heterocycles. The summed E-state index contributed by atoms with van der Waals surface area (Å²) in [6, 6.07) is 14.4. The van der Waals surface area contributed by atoms with Crippen LogP contribution in [0.1, 0.15) is 24.2 Å². The molecule has 2 amide bonds. The number of quaternary nitrogens is 1.